The van der Waals surface area contributed by atoms with Gasteiger partial charge in [-0.25, -0.2) is 0 Å². The lowest BCUT2D eigenvalue weighted by molar-refractivity contribution is -0.106. The zero-order valence-electron chi connectivity index (χ0n) is 33.0. The van der Waals surface area contributed by atoms with Crippen LogP contribution < -0.4 is 33.7 Å². The summed E-state index contributed by atoms with van der Waals surface area (Å²) >= 11 is 19.7. The Balaban J connectivity index is 0.00000149. The van der Waals surface area contributed by atoms with Crippen molar-refractivity contribution < 1.29 is 33.2 Å². The Morgan fingerprint density at radius 3 is 1.94 bits per heavy atom. The number of benzene rings is 4. The molecule has 1 aliphatic heterocycles. The largest absolute Gasteiger partial charge is 0.493 e. The average molecular weight is 804 g/mol. The van der Waals surface area contributed by atoms with E-state index in [9.17, 15) is 0 Å². The molecule has 0 bridgehead atoms. The molecule has 5 rings (SSSR count). The quantitative estimate of drug-likeness (QED) is 0.125. The number of rotatable bonds is 14. The summed E-state index contributed by atoms with van der Waals surface area (Å²) < 4.78 is 35.8. The maximum absolute atomic E-state index is 8.81. The number of carbonyl (C=O) groups is 1. The van der Waals surface area contributed by atoms with Crippen molar-refractivity contribution >= 4 is 41.1 Å². The van der Waals surface area contributed by atoms with Crippen molar-refractivity contribution in [1.29, 1.82) is 0 Å². The fourth-order valence-corrected chi connectivity index (χ4v) is 6.91. The monoisotopic (exact) mass is 802 g/mol. The summed E-state index contributed by atoms with van der Waals surface area (Å²) in [6.07, 6.45) is 3.92. The van der Waals surface area contributed by atoms with Crippen LogP contribution in [-0.4, -0.2) is 66.8 Å². The zero-order chi connectivity index (χ0) is 39.9. The molecule has 1 heterocycles. The van der Waals surface area contributed by atoms with E-state index in [0.29, 0.717) is 67.6 Å². The summed E-state index contributed by atoms with van der Waals surface area (Å²) in [6, 6.07) is 13.8. The second-order valence-corrected chi connectivity index (χ2v) is 13.4. The summed E-state index contributed by atoms with van der Waals surface area (Å²) in [5, 5.41) is 4.76. The molecule has 0 unspecified atom stereocenters. The fraction of sp³-hybridized carbons (Fsp3) is 0.405. The third-order valence-corrected chi connectivity index (χ3v) is 10.1. The number of nitrogens with one attached hydrogen (secondary N) is 1. The molecule has 0 spiro atoms. The molecule has 0 amide bonds. The zero-order valence-corrected chi connectivity index (χ0v) is 35.3. The van der Waals surface area contributed by atoms with Gasteiger partial charge >= 0.3 is 0 Å². The number of aryl methyl sites for hydroxylation is 2. The summed E-state index contributed by atoms with van der Waals surface area (Å²) in [7, 11) is 10.4. The number of aldehydes is 1. The lowest BCUT2D eigenvalue weighted by Crippen LogP contribution is -2.27. The number of ether oxygens (including phenoxy) is 6. The van der Waals surface area contributed by atoms with Crippen molar-refractivity contribution in [3.8, 4) is 46.0 Å². The molecule has 0 aliphatic carbocycles. The van der Waals surface area contributed by atoms with Crippen molar-refractivity contribution in [3.63, 3.8) is 0 Å². The van der Waals surface area contributed by atoms with Crippen molar-refractivity contribution in [2.75, 3.05) is 55.6 Å². The van der Waals surface area contributed by atoms with Gasteiger partial charge in [-0.05, 0) is 112 Å². The predicted octanol–water partition coefficient (Wildman–Crippen LogP) is 10.3. The third kappa shape index (κ3) is 10.7. The van der Waals surface area contributed by atoms with Crippen LogP contribution in [0.25, 0.3) is 0 Å². The fourth-order valence-electron chi connectivity index (χ4n) is 6.06. The topological polar surface area (TPSA) is 87.7 Å². The van der Waals surface area contributed by atoms with E-state index in [1.807, 2.05) is 40.0 Å². The van der Waals surface area contributed by atoms with Gasteiger partial charge in [0.15, 0.2) is 34.5 Å². The van der Waals surface area contributed by atoms with Crippen LogP contribution in [0.1, 0.15) is 54.2 Å². The highest BCUT2D eigenvalue weighted by Crippen LogP contribution is 2.52. The van der Waals surface area contributed by atoms with Gasteiger partial charge in [-0.1, -0.05) is 60.8 Å². The maximum Gasteiger partial charge on any atom is 0.205 e. The molecule has 0 radical (unpaired) electrons. The Labute approximate surface area is 335 Å². The molecule has 0 saturated heterocycles. The van der Waals surface area contributed by atoms with E-state index in [2.05, 4.69) is 41.5 Å². The van der Waals surface area contributed by atoms with Crippen LogP contribution in [0, 0.1) is 6.92 Å². The molecule has 0 aromatic heterocycles. The summed E-state index contributed by atoms with van der Waals surface area (Å²) in [6.45, 7) is 9.65. The standard InChI is InChI=1S/C38H43Cl3N2O6.C2H4O.C2H6/c1-22-29(39)20-32(45-5)36(33(22)40)48-26-12-9-23(10-13-26)8-11-24-19-31(30(44-4)18-25(24)14-16-42-2)49-35-28-21-43(3)17-15-27(28)34(41)37(46-6)38(35)47-7;1-2-3;1-2/h9-10,12-13,18-20,42H,8,11,14-17,21H2,1-7H3;2H,1H3;1-2H3. The Hall–Kier alpha value is -3.86. The van der Waals surface area contributed by atoms with E-state index >= 15 is 0 Å². The van der Waals surface area contributed by atoms with Crippen LogP contribution >= 0.6 is 34.8 Å². The van der Waals surface area contributed by atoms with Gasteiger partial charge in [0.1, 0.15) is 12.0 Å². The molecule has 0 saturated carbocycles. The third-order valence-electron chi connectivity index (χ3n) is 8.85. The second kappa shape index (κ2) is 21.9. The summed E-state index contributed by atoms with van der Waals surface area (Å²) in [4.78, 5) is 11.0. The van der Waals surface area contributed by atoms with Crippen molar-refractivity contribution in [2.24, 2.45) is 0 Å². The average Bonchev–Trinajstić information content (AvgIpc) is 3.18. The molecule has 4 aromatic carbocycles. The van der Waals surface area contributed by atoms with Crippen molar-refractivity contribution in [3.05, 3.63) is 90.9 Å². The van der Waals surface area contributed by atoms with E-state index in [4.69, 9.17) is 68.0 Å². The molecule has 12 heteroatoms. The molecule has 0 atom stereocenters. The van der Waals surface area contributed by atoms with Gasteiger partial charge in [0.05, 0.1) is 38.5 Å². The number of likely N-dealkylation sites (N-methyl/N-ethyl adjacent to an activating group) is 2. The van der Waals surface area contributed by atoms with E-state index in [1.54, 1.807) is 34.5 Å². The Bertz CT molecular complexity index is 1850. The van der Waals surface area contributed by atoms with Crippen LogP contribution in [-0.2, 0) is 37.0 Å². The molecule has 54 heavy (non-hydrogen) atoms. The van der Waals surface area contributed by atoms with Gasteiger partial charge < -0.3 is 43.4 Å². The minimum atomic E-state index is 0.419. The minimum absolute atomic E-state index is 0.419. The van der Waals surface area contributed by atoms with E-state index in [0.717, 1.165) is 72.9 Å². The lowest BCUT2D eigenvalue weighted by Gasteiger charge is -2.30. The molecular formula is C42H53Cl3N2O7. The first-order chi connectivity index (χ1) is 26.0. The lowest BCUT2D eigenvalue weighted by atomic mass is 9.96. The SMILES string of the molecule is CC.CC=O.CNCCc1cc(OC)c(Oc2c3c(c(Cl)c(OC)c2OC)CCN(C)C3)cc1CCc1ccc(Oc2c(OC)cc(Cl)c(C)c2Cl)cc1. The molecule has 9 nitrogen and oxygen atoms in total. The highest BCUT2D eigenvalue weighted by atomic mass is 35.5. The number of fused-ring (bicyclic) bond motifs is 1. The molecule has 1 aliphatic rings. The summed E-state index contributed by atoms with van der Waals surface area (Å²) in [5.74, 6) is 4.28. The Morgan fingerprint density at radius 2 is 1.35 bits per heavy atom. The van der Waals surface area contributed by atoms with Crippen LogP contribution in [0.5, 0.6) is 46.0 Å². The van der Waals surface area contributed by atoms with Gasteiger partial charge in [0.2, 0.25) is 5.75 Å². The number of hydrogen-bond donors (Lipinski definition) is 1. The summed E-state index contributed by atoms with van der Waals surface area (Å²) in [5.41, 5.74) is 6.21. The van der Waals surface area contributed by atoms with E-state index in [1.165, 1.54) is 12.5 Å². The first kappa shape index (κ1) is 44.5. The minimum Gasteiger partial charge on any atom is -0.493 e. The van der Waals surface area contributed by atoms with Crippen LogP contribution in [0.4, 0.5) is 0 Å². The van der Waals surface area contributed by atoms with Crippen molar-refractivity contribution in [2.45, 2.75) is 59.9 Å². The number of methoxy groups -OCH3 is 4. The highest BCUT2D eigenvalue weighted by molar-refractivity contribution is 6.37. The second-order valence-electron chi connectivity index (χ2n) is 12.2. The predicted molar refractivity (Wildman–Crippen MR) is 220 cm³/mol. The highest BCUT2D eigenvalue weighted by Gasteiger charge is 2.30. The first-order valence-electron chi connectivity index (χ1n) is 17.9. The van der Waals surface area contributed by atoms with Crippen molar-refractivity contribution in [1.82, 2.24) is 10.2 Å². The molecule has 1 N–H and O–H groups in total. The number of carbonyl (C=O) groups excluding carboxylic acids is 1. The number of halogens is 3. The van der Waals surface area contributed by atoms with Gasteiger partial charge in [0, 0.05) is 29.7 Å². The van der Waals surface area contributed by atoms with Gasteiger partial charge in [-0.2, -0.15) is 0 Å². The molecule has 294 valence electrons. The normalized spacial score (nSPS) is 11.9. The van der Waals surface area contributed by atoms with Crippen LogP contribution in [0.3, 0.4) is 0 Å². The van der Waals surface area contributed by atoms with Crippen LogP contribution in [0.2, 0.25) is 15.1 Å². The van der Waals surface area contributed by atoms with Gasteiger partial charge in [0.25, 0.3) is 0 Å². The molecular weight excluding hydrogens is 751 g/mol. The smallest absolute Gasteiger partial charge is 0.205 e. The number of hydrogen-bond acceptors (Lipinski definition) is 9. The Morgan fingerprint density at radius 1 is 0.741 bits per heavy atom. The first-order valence-corrected chi connectivity index (χ1v) is 19.0. The van der Waals surface area contributed by atoms with E-state index in [-0.39, 0.29) is 0 Å². The Kier molecular flexibility index (Phi) is 18.0. The van der Waals surface area contributed by atoms with E-state index < -0.39 is 0 Å². The molecule has 4 aromatic rings. The van der Waals surface area contributed by atoms with Gasteiger partial charge in [-0.3, -0.25) is 0 Å². The number of nitrogens with zero attached hydrogens (tertiary/aromatic N) is 1. The maximum atomic E-state index is 8.81. The van der Waals surface area contributed by atoms with Gasteiger partial charge in [-0.15, -0.1) is 0 Å². The molecule has 0 fully saturated rings. The van der Waals surface area contributed by atoms with Crippen LogP contribution in [0.15, 0.2) is 42.5 Å².